The van der Waals surface area contributed by atoms with Gasteiger partial charge in [-0.2, -0.15) is 0 Å². The second-order valence-electron chi connectivity index (χ2n) is 5.20. The van der Waals surface area contributed by atoms with Crippen LogP contribution in [0.5, 0.6) is 11.5 Å². The Bertz CT molecular complexity index is 888. The fraction of sp³-hybridized carbons (Fsp3) is 0.167. The first-order valence-corrected chi connectivity index (χ1v) is 7.75. The van der Waals surface area contributed by atoms with Crippen LogP contribution in [-0.2, 0) is 6.54 Å². The lowest BCUT2D eigenvalue weighted by Crippen LogP contribution is -2.08. The van der Waals surface area contributed by atoms with E-state index in [1.54, 1.807) is 25.4 Å². The van der Waals surface area contributed by atoms with Gasteiger partial charge in [-0.25, -0.2) is 4.79 Å². The Balaban J connectivity index is 1.82. The molecule has 0 amide bonds. The maximum absolute atomic E-state index is 11.4. The lowest BCUT2D eigenvalue weighted by Gasteiger charge is -2.11. The first kappa shape index (κ1) is 16.2. The van der Waals surface area contributed by atoms with E-state index >= 15 is 0 Å². The molecule has 0 spiro atoms. The zero-order valence-corrected chi connectivity index (χ0v) is 13.8. The Labute approximate surface area is 144 Å². The molecule has 3 aromatic rings. The van der Waals surface area contributed by atoms with Gasteiger partial charge in [0.15, 0.2) is 11.5 Å². The number of benzene rings is 2. The molecule has 0 bridgehead atoms. The first-order chi connectivity index (χ1) is 11.6. The number of rotatable bonds is 6. The number of aromatic nitrogens is 1. The topological polar surface area (TPSA) is 60.7 Å². The van der Waals surface area contributed by atoms with Gasteiger partial charge in [-0.1, -0.05) is 23.7 Å². The number of hydrogen-bond acceptors (Lipinski definition) is 3. The van der Waals surface area contributed by atoms with Crippen molar-refractivity contribution in [1.82, 2.24) is 4.57 Å². The summed E-state index contributed by atoms with van der Waals surface area (Å²) in [6.45, 7) is 0.884. The normalized spacial score (nSPS) is 10.8. The van der Waals surface area contributed by atoms with E-state index < -0.39 is 5.97 Å². The van der Waals surface area contributed by atoms with E-state index in [1.807, 2.05) is 34.9 Å². The highest BCUT2D eigenvalue weighted by atomic mass is 35.5. The minimum atomic E-state index is -0.980. The number of nitrogens with zero attached hydrogens (tertiary/aromatic N) is 1. The summed E-state index contributed by atoms with van der Waals surface area (Å²) in [6, 6.07) is 12.6. The second-order valence-corrected chi connectivity index (χ2v) is 5.64. The molecule has 6 heteroatoms. The van der Waals surface area contributed by atoms with Crippen molar-refractivity contribution in [2.24, 2.45) is 0 Å². The SMILES string of the molecule is COc1ccccc1OCCn1cc(C(=O)O)c2cc(Cl)ccc21. The van der Waals surface area contributed by atoms with Crippen molar-refractivity contribution in [3.05, 3.63) is 59.2 Å². The Hall–Kier alpha value is -2.66. The van der Waals surface area contributed by atoms with Gasteiger partial charge >= 0.3 is 5.97 Å². The molecule has 1 aromatic heterocycles. The lowest BCUT2D eigenvalue weighted by molar-refractivity contribution is 0.0698. The van der Waals surface area contributed by atoms with E-state index in [-0.39, 0.29) is 5.56 Å². The molecule has 3 rings (SSSR count). The molecule has 0 aliphatic heterocycles. The largest absolute Gasteiger partial charge is 0.493 e. The zero-order valence-electron chi connectivity index (χ0n) is 13.0. The third-order valence-corrected chi connectivity index (χ3v) is 3.97. The summed E-state index contributed by atoms with van der Waals surface area (Å²) in [4.78, 5) is 11.4. The number of carboxylic acids is 1. The summed E-state index contributed by atoms with van der Waals surface area (Å²) in [6.07, 6.45) is 1.61. The average molecular weight is 346 g/mol. The van der Waals surface area contributed by atoms with Gasteiger partial charge in [-0.15, -0.1) is 0 Å². The Morgan fingerprint density at radius 1 is 1.21 bits per heavy atom. The van der Waals surface area contributed by atoms with Crippen LogP contribution in [0.1, 0.15) is 10.4 Å². The maximum Gasteiger partial charge on any atom is 0.337 e. The van der Waals surface area contributed by atoms with E-state index in [4.69, 9.17) is 21.1 Å². The average Bonchev–Trinajstić information content (AvgIpc) is 2.93. The summed E-state index contributed by atoms with van der Waals surface area (Å²) in [7, 11) is 1.59. The molecular formula is C18H16ClNO4. The number of aromatic carboxylic acids is 1. The Morgan fingerprint density at radius 3 is 2.67 bits per heavy atom. The van der Waals surface area contributed by atoms with Crippen molar-refractivity contribution >= 4 is 28.5 Å². The summed E-state index contributed by atoms with van der Waals surface area (Å²) >= 11 is 5.98. The minimum absolute atomic E-state index is 0.227. The van der Waals surface area contributed by atoms with Crippen molar-refractivity contribution in [2.75, 3.05) is 13.7 Å². The summed E-state index contributed by atoms with van der Waals surface area (Å²) in [5.74, 6) is 0.331. The molecular weight excluding hydrogens is 330 g/mol. The van der Waals surface area contributed by atoms with Gasteiger partial charge < -0.3 is 19.1 Å². The number of para-hydroxylation sites is 2. The van der Waals surface area contributed by atoms with Crippen molar-refractivity contribution < 1.29 is 19.4 Å². The molecule has 0 atom stereocenters. The fourth-order valence-corrected chi connectivity index (χ4v) is 2.79. The minimum Gasteiger partial charge on any atom is -0.493 e. The molecule has 24 heavy (non-hydrogen) atoms. The highest BCUT2D eigenvalue weighted by Gasteiger charge is 2.14. The highest BCUT2D eigenvalue weighted by Crippen LogP contribution is 2.27. The van der Waals surface area contributed by atoms with Crippen LogP contribution in [-0.4, -0.2) is 29.4 Å². The standard InChI is InChI=1S/C18H16ClNO4/c1-23-16-4-2-3-5-17(16)24-9-8-20-11-14(18(21)22)13-10-12(19)6-7-15(13)20/h2-7,10-11H,8-9H2,1H3,(H,21,22). The maximum atomic E-state index is 11.4. The predicted molar refractivity (Wildman–Crippen MR) is 92.4 cm³/mol. The monoisotopic (exact) mass is 345 g/mol. The van der Waals surface area contributed by atoms with Gasteiger partial charge in [0.2, 0.25) is 0 Å². The molecule has 0 radical (unpaired) electrons. The molecule has 0 aliphatic carbocycles. The molecule has 1 heterocycles. The highest BCUT2D eigenvalue weighted by molar-refractivity contribution is 6.31. The third kappa shape index (κ3) is 3.16. The van der Waals surface area contributed by atoms with E-state index in [0.29, 0.717) is 35.1 Å². The molecule has 0 saturated heterocycles. The van der Waals surface area contributed by atoms with E-state index in [1.165, 1.54) is 0 Å². The number of fused-ring (bicyclic) bond motifs is 1. The number of methoxy groups -OCH3 is 1. The predicted octanol–water partition coefficient (Wildman–Crippen LogP) is 4.08. The smallest absolute Gasteiger partial charge is 0.337 e. The summed E-state index contributed by atoms with van der Waals surface area (Å²) in [5, 5.41) is 10.5. The number of ether oxygens (including phenoxy) is 2. The quantitative estimate of drug-likeness (QED) is 0.731. The van der Waals surface area contributed by atoms with Crippen molar-refractivity contribution in [3.8, 4) is 11.5 Å². The van der Waals surface area contributed by atoms with E-state index in [9.17, 15) is 9.90 Å². The molecule has 0 saturated carbocycles. The van der Waals surface area contributed by atoms with Crippen LogP contribution in [0.4, 0.5) is 0 Å². The van der Waals surface area contributed by atoms with Gasteiger partial charge in [-0.05, 0) is 30.3 Å². The van der Waals surface area contributed by atoms with Gasteiger partial charge in [0.1, 0.15) is 6.61 Å². The number of halogens is 1. The molecule has 0 unspecified atom stereocenters. The third-order valence-electron chi connectivity index (χ3n) is 3.73. The molecule has 0 aliphatic rings. The lowest BCUT2D eigenvalue weighted by atomic mass is 10.2. The van der Waals surface area contributed by atoms with E-state index in [2.05, 4.69) is 0 Å². The van der Waals surface area contributed by atoms with Gasteiger partial charge in [-0.3, -0.25) is 0 Å². The van der Waals surface area contributed by atoms with Crippen LogP contribution >= 0.6 is 11.6 Å². The number of carbonyl (C=O) groups is 1. The van der Waals surface area contributed by atoms with Gasteiger partial charge in [0.05, 0.1) is 19.2 Å². The summed E-state index contributed by atoms with van der Waals surface area (Å²) in [5.41, 5.74) is 1.03. The van der Waals surface area contributed by atoms with Crippen LogP contribution in [0.3, 0.4) is 0 Å². The van der Waals surface area contributed by atoms with E-state index in [0.717, 1.165) is 5.52 Å². The molecule has 2 aromatic carbocycles. The van der Waals surface area contributed by atoms with Crippen LogP contribution in [0, 0.1) is 0 Å². The molecule has 124 valence electrons. The molecule has 0 fully saturated rings. The van der Waals surface area contributed by atoms with Gasteiger partial charge in [0.25, 0.3) is 0 Å². The zero-order chi connectivity index (χ0) is 17.1. The fourth-order valence-electron chi connectivity index (χ4n) is 2.62. The Morgan fingerprint density at radius 2 is 1.96 bits per heavy atom. The second kappa shape index (κ2) is 6.84. The number of hydrogen-bond donors (Lipinski definition) is 1. The van der Waals surface area contributed by atoms with Crippen molar-refractivity contribution in [1.29, 1.82) is 0 Å². The summed E-state index contributed by atoms with van der Waals surface area (Å²) < 4.78 is 12.8. The molecule has 5 nitrogen and oxygen atoms in total. The molecule has 1 N–H and O–H groups in total. The van der Waals surface area contributed by atoms with Crippen LogP contribution < -0.4 is 9.47 Å². The van der Waals surface area contributed by atoms with Crippen molar-refractivity contribution in [2.45, 2.75) is 6.54 Å². The first-order valence-electron chi connectivity index (χ1n) is 7.37. The number of carboxylic acid groups (broad SMARTS) is 1. The Kier molecular flexibility index (Phi) is 4.62. The van der Waals surface area contributed by atoms with Crippen LogP contribution in [0.25, 0.3) is 10.9 Å². The van der Waals surface area contributed by atoms with Crippen molar-refractivity contribution in [3.63, 3.8) is 0 Å². The van der Waals surface area contributed by atoms with Gasteiger partial charge in [0, 0.05) is 22.1 Å². The van der Waals surface area contributed by atoms with Crippen LogP contribution in [0.15, 0.2) is 48.7 Å². The van der Waals surface area contributed by atoms with Crippen LogP contribution in [0.2, 0.25) is 5.02 Å².